The largest absolute Gasteiger partial charge is 0.370 e. The number of hydrogen-bond acceptors (Lipinski definition) is 2. The molecule has 0 aliphatic carbocycles. The van der Waals surface area contributed by atoms with E-state index < -0.39 is 0 Å². The third-order valence-corrected chi connectivity index (χ3v) is 2.73. The summed E-state index contributed by atoms with van der Waals surface area (Å²) in [5.41, 5.74) is 5.72. The van der Waals surface area contributed by atoms with Gasteiger partial charge in [0.05, 0.1) is 0 Å². The minimum Gasteiger partial charge on any atom is -0.370 e. The number of nitrogens with zero attached hydrogens (tertiary/aromatic N) is 2. The molecular formula is C13H31IN4. The second-order valence-corrected chi connectivity index (χ2v) is 4.97. The average molecular weight is 370 g/mol. The van der Waals surface area contributed by atoms with Crippen molar-refractivity contribution in [1.82, 2.24) is 10.2 Å². The Labute approximate surface area is 130 Å². The zero-order valence-electron chi connectivity index (χ0n) is 12.6. The number of hydrogen-bond donors (Lipinski definition) is 2. The van der Waals surface area contributed by atoms with Crippen LogP contribution in [0.4, 0.5) is 0 Å². The smallest absolute Gasteiger partial charge is 0.188 e. The van der Waals surface area contributed by atoms with E-state index in [4.69, 9.17) is 5.73 Å². The van der Waals surface area contributed by atoms with Gasteiger partial charge < -0.3 is 11.1 Å². The number of aliphatic imine (C=N–C) groups is 1. The molecule has 0 fully saturated rings. The first kappa shape index (κ1) is 20.3. The van der Waals surface area contributed by atoms with E-state index in [0.717, 1.165) is 32.5 Å². The van der Waals surface area contributed by atoms with Crippen molar-refractivity contribution in [2.24, 2.45) is 10.7 Å². The molecule has 3 N–H and O–H groups in total. The van der Waals surface area contributed by atoms with Crippen LogP contribution in [0, 0.1) is 0 Å². The number of halogens is 1. The Morgan fingerprint density at radius 1 is 1.22 bits per heavy atom. The Morgan fingerprint density at radius 2 is 1.78 bits per heavy atom. The fourth-order valence-corrected chi connectivity index (χ4v) is 1.88. The molecule has 4 nitrogen and oxygen atoms in total. The predicted octanol–water partition coefficient (Wildman–Crippen LogP) is 2.43. The van der Waals surface area contributed by atoms with Gasteiger partial charge in [-0.2, -0.15) is 0 Å². The average Bonchev–Trinajstić information content (AvgIpc) is 2.24. The van der Waals surface area contributed by atoms with Crippen molar-refractivity contribution in [2.45, 2.75) is 59.5 Å². The molecule has 18 heavy (non-hydrogen) atoms. The standard InChI is InChI=1S/C13H30N4.HI/c1-6-8-15-13(14)16-9-7-10-17(11(2)3)12(4)5;/h11-12H,6-10H2,1-5H3,(H3,14,15,16);1H. The predicted molar refractivity (Wildman–Crippen MR) is 91.8 cm³/mol. The first-order valence-corrected chi connectivity index (χ1v) is 6.78. The fraction of sp³-hybridized carbons (Fsp3) is 0.923. The topological polar surface area (TPSA) is 53.6 Å². The Kier molecular flexibility index (Phi) is 13.5. The summed E-state index contributed by atoms with van der Waals surface area (Å²) in [4.78, 5) is 6.69. The van der Waals surface area contributed by atoms with Crippen molar-refractivity contribution in [2.75, 3.05) is 19.6 Å². The molecule has 0 heterocycles. The molecule has 0 bridgehead atoms. The van der Waals surface area contributed by atoms with Crippen molar-refractivity contribution < 1.29 is 0 Å². The van der Waals surface area contributed by atoms with Crippen LogP contribution in [0.5, 0.6) is 0 Å². The van der Waals surface area contributed by atoms with Gasteiger partial charge in [0, 0.05) is 31.7 Å². The van der Waals surface area contributed by atoms with Gasteiger partial charge in [0.25, 0.3) is 0 Å². The Balaban J connectivity index is 0. The minimum atomic E-state index is 0. The van der Waals surface area contributed by atoms with Gasteiger partial charge in [0.1, 0.15) is 0 Å². The highest BCUT2D eigenvalue weighted by Crippen LogP contribution is 2.04. The van der Waals surface area contributed by atoms with Crippen LogP contribution < -0.4 is 11.1 Å². The van der Waals surface area contributed by atoms with Gasteiger partial charge in [0.15, 0.2) is 5.96 Å². The van der Waals surface area contributed by atoms with E-state index in [0.29, 0.717) is 18.0 Å². The van der Waals surface area contributed by atoms with E-state index in [9.17, 15) is 0 Å². The van der Waals surface area contributed by atoms with Crippen molar-refractivity contribution in [3.63, 3.8) is 0 Å². The molecule has 0 aromatic carbocycles. The summed E-state index contributed by atoms with van der Waals surface area (Å²) in [5, 5.41) is 3.15. The van der Waals surface area contributed by atoms with Crippen LogP contribution in [-0.4, -0.2) is 42.6 Å². The third kappa shape index (κ3) is 9.94. The molecule has 0 unspecified atom stereocenters. The van der Waals surface area contributed by atoms with Gasteiger partial charge in [-0.05, 0) is 40.5 Å². The van der Waals surface area contributed by atoms with Gasteiger partial charge in [-0.3, -0.25) is 9.89 Å². The molecule has 0 atom stereocenters. The zero-order chi connectivity index (χ0) is 13.3. The number of nitrogens with two attached hydrogens (primary N) is 1. The van der Waals surface area contributed by atoms with Crippen LogP contribution in [0.2, 0.25) is 0 Å². The van der Waals surface area contributed by atoms with Gasteiger partial charge in [0.2, 0.25) is 0 Å². The highest BCUT2D eigenvalue weighted by Gasteiger charge is 2.11. The summed E-state index contributed by atoms with van der Waals surface area (Å²) in [6, 6.07) is 1.20. The van der Waals surface area contributed by atoms with Crippen molar-refractivity contribution in [1.29, 1.82) is 0 Å². The molecule has 0 spiro atoms. The lowest BCUT2D eigenvalue weighted by molar-refractivity contribution is 0.173. The maximum atomic E-state index is 5.72. The Hall–Kier alpha value is -0.0400. The third-order valence-electron chi connectivity index (χ3n) is 2.73. The molecule has 0 rings (SSSR count). The second kappa shape index (κ2) is 12.0. The summed E-state index contributed by atoms with van der Waals surface area (Å²) in [6.07, 6.45) is 2.13. The Morgan fingerprint density at radius 3 is 2.22 bits per heavy atom. The first-order valence-electron chi connectivity index (χ1n) is 6.78. The monoisotopic (exact) mass is 370 g/mol. The van der Waals surface area contributed by atoms with Crippen molar-refractivity contribution in [3.05, 3.63) is 0 Å². The molecule has 0 aromatic rings. The lowest BCUT2D eigenvalue weighted by Crippen LogP contribution is -2.40. The maximum Gasteiger partial charge on any atom is 0.188 e. The molecule has 110 valence electrons. The van der Waals surface area contributed by atoms with Crippen LogP contribution >= 0.6 is 24.0 Å². The van der Waals surface area contributed by atoms with E-state index in [1.54, 1.807) is 0 Å². The van der Waals surface area contributed by atoms with Crippen LogP contribution in [0.1, 0.15) is 47.5 Å². The van der Waals surface area contributed by atoms with Crippen LogP contribution in [-0.2, 0) is 0 Å². The lowest BCUT2D eigenvalue weighted by atomic mass is 10.2. The number of nitrogens with one attached hydrogen (secondary N) is 1. The normalized spacial score (nSPS) is 12.1. The summed E-state index contributed by atoms with van der Waals surface area (Å²) >= 11 is 0. The summed E-state index contributed by atoms with van der Waals surface area (Å²) in [6.45, 7) is 13.9. The lowest BCUT2D eigenvalue weighted by Gasteiger charge is -2.30. The summed E-state index contributed by atoms with van der Waals surface area (Å²) in [5.74, 6) is 0.576. The molecule has 0 aliphatic rings. The number of guanidine groups is 1. The molecule has 0 aliphatic heterocycles. The van der Waals surface area contributed by atoms with E-state index >= 15 is 0 Å². The SMILES string of the molecule is CCCN=C(N)NCCCN(C(C)C)C(C)C.I. The summed E-state index contributed by atoms with van der Waals surface area (Å²) < 4.78 is 0. The van der Waals surface area contributed by atoms with Crippen LogP contribution in [0.15, 0.2) is 4.99 Å². The van der Waals surface area contributed by atoms with Crippen LogP contribution in [0.25, 0.3) is 0 Å². The van der Waals surface area contributed by atoms with Crippen LogP contribution in [0.3, 0.4) is 0 Å². The Bertz CT molecular complexity index is 209. The van der Waals surface area contributed by atoms with E-state index in [-0.39, 0.29) is 24.0 Å². The molecule has 0 amide bonds. The molecule has 5 heteroatoms. The zero-order valence-corrected chi connectivity index (χ0v) is 14.9. The van der Waals surface area contributed by atoms with Crippen molar-refractivity contribution in [3.8, 4) is 0 Å². The molecule has 0 saturated heterocycles. The maximum absolute atomic E-state index is 5.72. The molecule has 0 saturated carbocycles. The first-order chi connectivity index (χ1) is 7.99. The van der Waals surface area contributed by atoms with Gasteiger partial charge in [-0.25, -0.2) is 0 Å². The van der Waals surface area contributed by atoms with Crippen molar-refractivity contribution >= 4 is 29.9 Å². The van der Waals surface area contributed by atoms with Gasteiger partial charge >= 0.3 is 0 Å². The van der Waals surface area contributed by atoms with E-state index in [1.807, 2.05) is 0 Å². The van der Waals surface area contributed by atoms with E-state index in [1.165, 1.54) is 0 Å². The van der Waals surface area contributed by atoms with Gasteiger partial charge in [-0.1, -0.05) is 6.92 Å². The molecule has 0 radical (unpaired) electrons. The van der Waals surface area contributed by atoms with E-state index in [2.05, 4.69) is 49.8 Å². The molecular weight excluding hydrogens is 339 g/mol. The minimum absolute atomic E-state index is 0. The number of rotatable bonds is 8. The quantitative estimate of drug-likeness (QED) is 0.299. The highest BCUT2D eigenvalue weighted by atomic mass is 127. The molecule has 0 aromatic heterocycles. The summed E-state index contributed by atoms with van der Waals surface area (Å²) in [7, 11) is 0. The van der Waals surface area contributed by atoms with Gasteiger partial charge in [-0.15, -0.1) is 24.0 Å². The fourth-order valence-electron chi connectivity index (χ4n) is 1.88. The highest BCUT2D eigenvalue weighted by molar-refractivity contribution is 14.0. The second-order valence-electron chi connectivity index (χ2n) is 4.97.